The molecule has 27 heavy (non-hydrogen) atoms. The van der Waals surface area contributed by atoms with E-state index < -0.39 is 24.5 Å². The minimum absolute atomic E-state index is 0.0168. The van der Waals surface area contributed by atoms with Crippen molar-refractivity contribution in [1.29, 1.82) is 0 Å². The molecule has 0 radical (unpaired) electrons. The maximum absolute atomic E-state index is 12.9. The number of aromatic amines is 1. The number of hydrogen-bond donors (Lipinski definition) is 1. The van der Waals surface area contributed by atoms with E-state index in [1.54, 1.807) is 12.1 Å². The molecule has 1 saturated heterocycles. The van der Waals surface area contributed by atoms with Crippen molar-refractivity contribution in [3.05, 3.63) is 35.9 Å². The molecule has 142 valence electrons. The van der Waals surface area contributed by atoms with Crippen LogP contribution in [0.15, 0.2) is 22.9 Å². The van der Waals surface area contributed by atoms with Gasteiger partial charge in [-0.2, -0.15) is 13.2 Å². The number of fused-ring (bicyclic) bond motifs is 1. The zero-order valence-electron chi connectivity index (χ0n) is 14.0. The van der Waals surface area contributed by atoms with E-state index in [1.807, 2.05) is 0 Å². The van der Waals surface area contributed by atoms with Crippen molar-refractivity contribution < 1.29 is 22.4 Å². The van der Waals surface area contributed by atoms with Gasteiger partial charge in [0.2, 0.25) is 11.8 Å². The minimum Gasteiger partial charge on any atom is -0.423 e. The lowest BCUT2D eigenvalue weighted by Gasteiger charge is -2.33. The third-order valence-corrected chi connectivity index (χ3v) is 4.38. The Morgan fingerprint density at radius 1 is 1.30 bits per heavy atom. The van der Waals surface area contributed by atoms with E-state index >= 15 is 0 Å². The summed E-state index contributed by atoms with van der Waals surface area (Å²) >= 11 is 0. The number of nitrogens with one attached hydrogen (secondary N) is 1. The molecule has 0 bridgehead atoms. The van der Waals surface area contributed by atoms with Crippen molar-refractivity contribution in [2.75, 3.05) is 6.54 Å². The van der Waals surface area contributed by atoms with E-state index in [1.165, 1.54) is 11.2 Å². The minimum atomic E-state index is -4.44. The molecule has 4 rings (SSSR count). The third-order valence-electron chi connectivity index (χ3n) is 4.38. The first-order valence-corrected chi connectivity index (χ1v) is 8.41. The van der Waals surface area contributed by atoms with E-state index in [0.29, 0.717) is 24.1 Å². The number of hydrogen-bond acceptors (Lipinski definition) is 6. The number of alkyl halides is 3. The Morgan fingerprint density at radius 3 is 2.96 bits per heavy atom. The van der Waals surface area contributed by atoms with Gasteiger partial charge >= 0.3 is 6.18 Å². The Hall–Kier alpha value is -2.98. The normalized spacial score (nSPS) is 18.2. The van der Waals surface area contributed by atoms with Crippen molar-refractivity contribution in [2.45, 2.75) is 37.9 Å². The maximum Gasteiger partial charge on any atom is 0.397 e. The van der Waals surface area contributed by atoms with Gasteiger partial charge in [0.1, 0.15) is 18.2 Å². The summed E-state index contributed by atoms with van der Waals surface area (Å²) in [5, 5.41) is 7.22. The van der Waals surface area contributed by atoms with Gasteiger partial charge in [0, 0.05) is 6.54 Å². The van der Waals surface area contributed by atoms with Crippen LogP contribution < -0.4 is 0 Å². The molecule has 11 heteroatoms. The van der Waals surface area contributed by atoms with Crippen LogP contribution in [0, 0.1) is 0 Å². The monoisotopic (exact) mass is 380 g/mol. The summed E-state index contributed by atoms with van der Waals surface area (Å²) in [6.45, 7) is 0.431. The Bertz CT molecular complexity index is 966. The fraction of sp³-hybridized carbons (Fsp3) is 0.438. The van der Waals surface area contributed by atoms with Crippen molar-refractivity contribution in [3.8, 4) is 0 Å². The molecule has 0 aromatic carbocycles. The Balaban J connectivity index is 1.59. The number of carbonyl (C=O) groups excluding carboxylic acids is 1. The molecular formula is C16H15F3N6O2. The van der Waals surface area contributed by atoms with Gasteiger partial charge in [-0.05, 0) is 31.4 Å². The molecular weight excluding hydrogens is 365 g/mol. The number of H-pyrrole nitrogens is 1. The third kappa shape index (κ3) is 3.62. The second-order valence-electron chi connectivity index (χ2n) is 6.31. The largest absolute Gasteiger partial charge is 0.423 e. The number of pyridine rings is 1. The molecule has 1 aliphatic heterocycles. The van der Waals surface area contributed by atoms with Crippen LogP contribution in [0.2, 0.25) is 0 Å². The van der Waals surface area contributed by atoms with E-state index in [4.69, 9.17) is 4.42 Å². The second kappa shape index (κ2) is 6.63. The van der Waals surface area contributed by atoms with Crippen molar-refractivity contribution >= 4 is 17.1 Å². The maximum atomic E-state index is 12.9. The summed E-state index contributed by atoms with van der Waals surface area (Å²) in [5.74, 6) is -0.838. The summed E-state index contributed by atoms with van der Waals surface area (Å²) in [6, 6.07) is 2.71. The van der Waals surface area contributed by atoms with E-state index in [0.717, 1.165) is 12.8 Å². The van der Waals surface area contributed by atoms with Gasteiger partial charge in [0.25, 0.3) is 5.91 Å². The van der Waals surface area contributed by atoms with Crippen molar-refractivity contribution in [3.63, 3.8) is 0 Å². The molecule has 3 aromatic rings. The number of rotatable bonds is 3. The number of halogens is 3. The molecule has 1 fully saturated rings. The Kier molecular flexibility index (Phi) is 4.28. The van der Waals surface area contributed by atoms with Gasteiger partial charge < -0.3 is 14.3 Å². The van der Waals surface area contributed by atoms with Crippen LogP contribution in [0.25, 0.3) is 11.2 Å². The number of likely N-dealkylation sites (tertiary alicyclic amines) is 1. The zero-order valence-corrected chi connectivity index (χ0v) is 14.0. The van der Waals surface area contributed by atoms with E-state index in [-0.39, 0.29) is 17.5 Å². The van der Waals surface area contributed by atoms with Gasteiger partial charge in [0.05, 0.1) is 11.8 Å². The summed E-state index contributed by atoms with van der Waals surface area (Å²) in [6.07, 6.45) is -2.14. The number of amides is 1. The van der Waals surface area contributed by atoms with Gasteiger partial charge in [-0.15, -0.1) is 10.2 Å². The summed E-state index contributed by atoms with van der Waals surface area (Å²) < 4.78 is 42.7. The van der Waals surface area contributed by atoms with Crippen LogP contribution in [-0.4, -0.2) is 48.7 Å². The van der Waals surface area contributed by atoms with Gasteiger partial charge in [0.15, 0.2) is 5.65 Å². The molecule has 1 amide bonds. The first kappa shape index (κ1) is 17.4. The summed E-state index contributed by atoms with van der Waals surface area (Å²) in [7, 11) is 0. The number of imidazole rings is 1. The van der Waals surface area contributed by atoms with E-state index in [9.17, 15) is 18.0 Å². The molecule has 8 nitrogen and oxygen atoms in total. The summed E-state index contributed by atoms with van der Waals surface area (Å²) in [5.41, 5.74) is 1.33. The molecule has 1 unspecified atom stereocenters. The molecule has 1 atom stereocenters. The molecule has 0 aliphatic carbocycles. The van der Waals surface area contributed by atoms with Crippen molar-refractivity contribution in [2.24, 2.45) is 0 Å². The van der Waals surface area contributed by atoms with Crippen LogP contribution in [-0.2, 0) is 6.42 Å². The first-order chi connectivity index (χ1) is 12.9. The lowest BCUT2D eigenvalue weighted by Crippen LogP contribution is -2.39. The van der Waals surface area contributed by atoms with Gasteiger partial charge in [-0.3, -0.25) is 4.79 Å². The highest BCUT2D eigenvalue weighted by molar-refractivity contribution is 5.94. The van der Waals surface area contributed by atoms with Crippen molar-refractivity contribution in [1.82, 2.24) is 30.0 Å². The molecule has 0 spiro atoms. The molecule has 4 heterocycles. The molecule has 0 saturated carbocycles. The Morgan fingerprint density at radius 2 is 2.15 bits per heavy atom. The number of carbonyl (C=O) groups is 1. The van der Waals surface area contributed by atoms with Crippen LogP contribution in [0.3, 0.4) is 0 Å². The summed E-state index contributed by atoms with van der Waals surface area (Å²) in [4.78, 5) is 25.6. The lowest BCUT2D eigenvalue weighted by molar-refractivity contribution is -0.131. The smallest absolute Gasteiger partial charge is 0.397 e. The number of aromatic nitrogens is 5. The molecule has 1 N–H and O–H groups in total. The van der Waals surface area contributed by atoms with Crippen LogP contribution in [0.1, 0.15) is 47.6 Å². The number of nitrogens with zero attached hydrogens (tertiary/aromatic N) is 5. The Labute approximate surface area is 150 Å². The average Bonchev–Trinajstić information content (AvgIpc) is 3.28. The average molecular weight is 380 g/mol. The predicted molar refractivity (Wildman–Crippen MR) is 85.6 cm³/mol. The fourth-order valence-corrected chi connectivity index (χ4v) is 3.16. The van der Waals surface area contributed by atoms with Crippen LogP contribution >= 0.6 is 0 Å². The number of piperidine rings is 1. The molecule has 3 aromatic heterocycles. The zero-order chi connectivity index (χ0) is 19.0. The topological polar surface area (TPSA) is 101 Å². The van der Waals surface area contributed by atoms with E-state index in [2.05, 4.69) is 25.1 Å². The highest BCUT2D eigenvalue weighted by Crippen LogP contribution is 2.32. The van der Waals surface area contributed by atoms with Crippen LogP contribution in [0.5, 0.6) is 0 Å². The van der Waals surface area contributed by atoms with Gasteiger partial charge in [-0.1, -0.05) is 0 Å². The molecule has 1 aliphatic rings. The SMILES string of the molecule is O=C(c1ccc2[nH]cnc2n1)N1CCCCC1c1nnc(CC(F)(F)F)o1. The van der Waals surface area contributed by atoms with Gasteiger partial charge in [-0.25, -0.2) is 9.97 Å². The fourth-order valence-electron chi connectivity index (χ4n) is 3.16. The predicted octanol–water partition coefficient (Wildman–Crippen LogP) is 2.81. The lowest BCUT2D eigenvalue weighted by atomic mass is 10.0. The highest BCUT2D eigenvalue weighted by Gasteiger charge is 2.35. The first-order valence-electron chi connectivity index (χ1n) is 8.41. The standard InChI is InChI=1S/C16H15F3N6O2/c17-16(18,19)7-12-23-24-14(27-12)11-3-1-2-6-25(11)15(26)10-5-4-9-13(22-10)21-8-20-9/h4-5,8,11H,1-3,6-7H2,(H,20,21,22). The van der Waals surface area contributed by atoms with Crippen LogP contribution in [0.4, 0.5) is 13.2 Å². The second-order valence-corrected chi connectivity index (χ2v) is 6.31. The quantitative estimate of drug-likeness (QED) is 0.750. The highest BCUT2D eigenvalue weighted by atomic mass is 19.4.